The topological polar surface area (TPSA) is 331 Å². The second-order valence-corrected chi connectivity index (χ2v) is 33.3. The molecule has 1 aliphatic rings. The molecule has 0 bridgehead atoms. The van der Waals surface area contributed by atoms with Gasteiger partial charge in [0.15, 0.2) is 16.8 Å². The first-order valence-corrected chi connectivity index (χ1v) is 42.5. The first kappa shape index (κ1) is 110. The highest BCUT2D eigenvalue weighted by Crippen LogP contribution is 2.41. The van der Waals surface area contributed by atoms with Crippen molar-refractivity contribution in [2.24, 2.45) is 41.4 Å². The number of phenolic OH excluding ortho intramolecular Hbond substituents is 1. The van der Waals surface area contributed by atoms with Gasteiger partial charge >= 0.3 is 11.9 Å². The van der Waals surface area contributed by atoms with Crippen LogP contribution in [0.25, 0.3) is 11.0 Å². The maximum absolute atomic E-state index is 13.2. The quantitative estimate of drug-likeness (QED) is 0.0128. The number of carbonyl (C=O) groups excluding carboxylic acids is 3. The van der Waals surface area contributed by atoms with Gasteiger partial charge in [0.1, 0.15) is 29.1 Å². The molecule has 10 N–H and O–H groups in total. The van der Waals surface area contributed by atoms with Crippen LogP contribution in [0.5, 0.6) is 17.2 Å². The van der Waals surface area contributed by atoms with E-state index in [-0.39, 0.29) is 125 Å². The number of fused-ring (bicyclic) bond motifs is 1. The molecule has 21 nitrogen and oxygen atoms in total. The molecule has 0 saturated heterocycles. The van der Waals surface area contributed by atoms with Crippen LogP contribution in [0.2, 0.25) is 0 Å². The van der Waals surface area contributed by atoms with Crippen molar-refractivity contribution in [2.45, 2.75) is 296 Å². The van der Waals surface area contributed by atoms with Gasteiger partial charge in [-0.25, -0.2) is 4.79 Å². The fourth-order valence-electron chi connectivity index (χ4n) is 14.0. The predicted molar refractivity (Wildman–Crippen MR) is 485 cm³/mol. The second-order valence-electron chi connectivity index (χ2n) is 33.3. The van der Waals surface area contributed by atoms with Gasteiger partial charge in [0.2, 0.25) is 11.7 Å². The molecule has 2 aromatic rings. The summed E-state index contributed by atoms with van der Waals surface area (Å²) in [5, 5.41) is 92.4. The largest absolute Gasteiger partial charge is 0.502 e. The van der Waals surface area contributed by atoms with E-state index in [1.807, 2.05) is 129 Å². The summed E-state index contributed by atoms with van der Waals surface area (Å²) in [6.07, 6.45) is 38.8. The third-order valence-corrected chi connectivity index (χ3v) is 21.0. The van der Waals surface area contributed by atoms with E-state index >= 15 is 0 Å². The summed E-state index contributed by atoms with van der Waals surface area (Å²) in [5.74, 6) is 0.492. The number of benzene rings is 1. The molecule has 0 saturated carbocycles. The number of hydrogen-bond acceptors (Lipinski definition) is 20. The Bertz CT molecular complexity index is 3990. The highest BCUT2D eigenvalue weighted by molar-refractivity contribution is 5.93. The molecule has 2 unspecified atom stereocenters. The molecule has 1 amide bonds. The summed E-state index contributed by atoms with van der Waals surface area (Å²) < 4.78 is 40.2. The Hall–Kier alpha value is -8.06. The monoisotopic (exact) mass is 1680 g/mol. The van der Waals surface area contributed by atoms with E-state index < -0.39 is 48.7 Å². The van der Waals surface area contributed by atoms with E-state index in [0.717, 1.165) is 51.9 Å². The molecule has 18 atom stereocenters. The molecule has 21 heteroatoms. The minimum atomic E-state index is -1.07. The fourth-order valence-corrected chi connectivity index (χ4v) is 14.0. The summed E-state index contributed by atoms with van der Waals surface area (Å²) in [7, 11) is 6.31. The van der Waals surface area contributed by atoms with E-state index in [1.165, 1.54) is 31.9 Å². The van der Waals surface area contributed by atoms with Crippen molar-refractivity contribution in [1.29, 1.82) is 0 Å². The Labute approximate surface area is 718 Å². The molecule has 0 radical (unpaired) electrons. The van der Waals surface area contributed by atoms with Crippen molar-refractivity contribution in [3.8, 4) is 17.2 Å². The number of aryl methyl sites for hydroxylation is 1. The summed E-state index contributed by atoms with van der Waals surface area (Å²) in [6.45, 7) is 42.5. The Morgan fingerprint density at radius 2 is 1.32 bits per heavy atom. The SMILES string of the molecule is C/C=C(C)/C=C/C=C/[C@H](OC)[C@@H](C)[C@@H](OC)[C@@H](C)CCc1oc2c(O)c(OC)cc(OC)c2c(=O)c1C.CC(/C=C/C(O)C/C=C/C=C(\C)C(=O)N[C@@H](C)CO)=C\[C@@H](C)[C@@H](O)/C(C)=C/C(C)C.CC(=C\C=C\C(C)=C\[C@H](O)[C@@H](O)C[C@H](C)O)/C=C(C)/C=C/C(=O)OC1CCCC(=O)O[C@@H]([C@@H](C)C/C(C)=C/[C@@H](C)[C@H](O)C[C@@H](C)O)C/C=C(\C)C[C@@H]1C. The van der Waals surface area contributed by atoms with Crippen LogP contribution in [-0.2, 0) is 39.8 Å². The van der Waals surface area contributed by atoms with Crippen LogP contribution in [0.3, 0.4) is 0 Å². The minimum Gasteiger partial charge on any atom is -0.502 e. The molecule has 120 heavy (non-hydrogen) atoms. The van der Waals surface area contributed by atoms with Crippen LogP contribution in [0, 0.1) is 48.3 Å². The summed E-state index contributed by atoms with van der Waals surface area (Å²) in [6, 6.07) is 1.20. The standard InChI is InChI=1S/C44H70O9.C30H42O7.C25H41NO4/c1-28(13-11-14-29(2)25-39(48)40(49)27-37(10)46)21-30(3)18-20-44(51)52-41-15-12-16-43(50)53-42(19-17-31(4)22-34(41)7)35(8)24-32(5)23-33(6)38(47)26-36(9)45;1-10-18(2)13-11-12-14-22(33-6)21(5)29(36-9)19(3)15-16-23-20(4)27(31)26-24(34-7)17-25(35-8)28(32)30(26)37-23;1-17(2)14-20(5)24(29)21(6)15-18(3)12-13-23(28)11-9-8-10-19(4)25(30)26-22(7)16-27/h11,13-14,17-18,20-21,23,25,33-42,45-49H,12,15-16,19,22,24,26-27H2,1-10H3;10-14,17,19,21-22,29,32H,15-16H2,1-9H3;8-10,12-15,17,21-24,27-29H,11,16H2,1-7H3,(H,26,30)/b14-11+,20-18+,28-13+,29-25+,30-21+,31-17+,32-23+;13-11+,14-12+,18-10+;9-8+,13-12+,18-15+,19-10+,20-14+/t33-,34+,35+,36-,37+,38-,39+,40+,41?,42-;19-,21+,22-,29-;21-,22+,23?,24+/m101/s1. The van der Waals surface area contributed by atoms with Gasteiger partial charge in [0.25, 0.3) is 0 Å². The first-order chi connectivity index (χ1) is 56.4. The predicted octanol–water partition coefficient (Wildman–Crippen LogP) is 17.5. The van der Waals surface area contributed by atoms with E-state index in [9.17, 15) is 60.0 Å². The van der Waals surface area contributed by atoms with Gasteiger partial charge in [0.05, 0.1) is 75.8 Å². The number of amides is 1. The maximum Gasteiger partial charge on any atom is 0.331 e. The number of hydrogen-bond donors (Lipinski definition) is 10. The normalized spacial score (nSPS) is 20.8. The van der Waals surface area contributed by atoms with E-state index in [1.54, 1.807) is 85.3 Å². The number of cyclic esters (lactones) is 1. The molecule has 674 valence electrons. The zero-order valence-corrected chi connectivity index (χ0v) is 77.2. The first-order valence-electron chi connectivity index (χ1n) is 42.5. The molecule has 1 aromatic heterocycles. The third-order valence-electron chi connectivity index (χ3n) is 21.0. The summed E-state index contributed by atoms with van der Waals surface area (Å²) >= 11 is 0. The summed E-state index contributed by atoms with van der Waals surface area (Å²) in [5.41, 5.74) is 8.83. The highest BCUT2D eigenvalue weighted by atomic mass is 16.6. The number of allylic oxidation sites excluding steroid dienone is 20. The van der Waals surface area contributed by atoms with Crippen molar-refractivity contribution in [3.63, 3.8) is 0 Å². The van der Waals surface area contributed by atoms with Crippen molar-refractivity contribution < 1.29 is 93.2 Å². The smallest absolute Gasteiger partial charge is 0.331 e. The van der Waals surface area contributed by atoms with Crippen molar-refractivity contribution in [3.05, 3.63) is 205 Å². The number of aliphatic hydroxyl groups is 8. The lowest BCUT2D eigenvalue weighted by atomic mass is 9.85. The molecule has 0 spiro atoms. The number of rotatable bonds is 42. The Kier molecular flexibility index (Phi) is 53.9. The zero-order valence-electron chi connectivity index (χ0n) is 77.2. The van der Waals surface area contributed by atoms with Crippen LogP contribution in [-0.4, -0.2) is 172 Å². The average molecular weight is 1680 g/mol. The molecule has 0 aliphatic carbocycles. The number of carbonyl (C=O) groups is 3. The molecule has 1 aliphatic heterocycles. The number of methoxy groups -OCH3 is 4. The maximum atomic E-state index is 13.2. The van der Waals surface area contributed by atoms with Crippen LogP contribution in [0.15, 0.2) is 193 Å². The molecular weight excluding hydrogens is 1520 g/mol. The highest BCUT2D eigenvalue weighted by Gasteiger charge is 2.31. The van der Waals surface area contributed by atoms with Gasteiger partial charge in [-0.1, -0.05) is 216 Å². The van der Waals surface area contributed by atoms with Gasteiger partial charge in [-0.3, -0.25) is 14.4 Å². The van der Waals surface area contributed by atoms with Crippen molar-refractivity contribution in [2.75, 3.05) is 35.0 Å². The molecule has 0 fully saturated rings. The fraction of sp³-hybridized carbons (Fsp3) is 0.576. The van der Waals surface area contributed by atoms with Crippen molar-refractivity contribution in [1.82, 2.24) is 5.32 Å². The van der Waals surface area contributed by atoms with Gasteiger partial charge in [-0.05, 0) is 171 Å². The number of nitrogens with one attached hydrogen (secondary N) is 1. The number of aliphatic hydroxyl groups excluding tert-OH is 8. The average Bonchev–Trinajstić information content (AvgIpc) is 0.758. The number of ether oxygens (including phenoxy) is 6. The minimum absolute atomic E-state index is 0.0190. The van der Waals surface area contributed by atoms with E-state index in [4.69, 9.17) is 37.9 Å². The lowest BCUT2D eigenvalue weighted by Crippen LogP contribution is -2.36. The van der Waals surface area contributed by atoms with Gasteiger partial charge in [-0.15, -0.1) is 0 Å². The van der Waals surface area contributed by atoms with Crippen LogP contribution < -0.4 is 20.2 Å². The lowest BCUT2D eigenvalue weighted by molar-refractivity contribution is -0.152. The van der Waals surface area contributed by atoms with Crippen LogP contribution in [0.1, 0.15) is 221 Å². The Balaban J connectivity index is 0.000000943. The molecule has 3 rings (SSSR count). The molecule has 2 heterocycles. The zero-order chi connectivity index (χ0) is 91.2. The molecule has 1 aromatic carbocycles. The Morgan fingerprint density at radius 3 is 1.93 bits per heavy atom. The van der Waals surface area contributed by atoms with Gasteiger partial charge < -0.3 is 84.1 Å². The van der Waals surface area contributed by atoms with Crippen LogP contribution in [0.4, 0.5) is 0 Å². The third kappa shape index (κ3) is 43.1. The van der Waals surface area contributed by atoms with Crippen LogP contribution >= 0.6 is 0 Å². The van der Waals surface area contributed by atoms with Gasteiger partial charge in [0, 0.05) is 87.0 Å². The van der Waals surface area contributed by atoms with Crippen molar-refractivity contribution >= 4 is 28.8 Å². The van der Waals surface area contributed by atoms with E-state index in [0.29, 0.717) is 73.5 Å². The van der Waals surface area contributed by atoms with E-state index in [2.05, 4.69) is 78.9 Å². The lowest BCUT2D eigenvalue weighted by Gasteiger charge is -2.32. The molecular formula is C99H153NO20. The number of esters is 2. The second kappa shape index (κ2) is 58.9. The Morgan fingerprint density at radius 1 is 0.692 bits per heavy atom. The van der Waals surface area contributed by atoms with Gasteiger partial charge in [-0.2, -0.15) is 0 Å². The number of aromatic hydroxyl groups is 1. The summed E-state index contributed by atoms with van der Waals surface area (Å²) in [4.78, 5) is 50.9. The number of phenols is 1.